The monoisotopic (exact) mass is 375 g/mol. The maximum Gasteiger partial charge on any atom is 0.240 e. The van der Waals surface area contributed by atoms with E-state index in [-0.39, 0.29) is 11.4 Å². The van der Waals surface area contributed by atoms with E-state index in [1.165, 1.54) is 23.5 Å². The second kappa shape index (κ2) is 6.36. The molecule has 2 rings (SSSR count). The molecule has 0 radical (unpaired) electrons. The van der Waals surface area contributed by atoms with Crippen LogP contribution in [0, 0.1) is 0 Å². The molecule has 1 atom stereocenters. The summed E-state index contributed by atoms with van der Waals surface area (Å²) in [6, 6.07) is 9.96. The Kier molecular flexibility index (Phi) is 4.98. The van der Waals surface area contributed by atoms with Crippen LogP contribution in [-0.4, -0.2) is 13.5 Å². The van der Waals surface area contributed by atoms with Gasteiger partial charge in [0.15, 0.2) is 0 Å². The molecule has 1 aromatic heterocycles. The van der Waals surface area contributed by atoms with Crippen molar-refractivity contribution in [3.63, 3.8) is 0 Å². The molecule has 1 aromatic carbocycles. The number of aliphatic hydroxyl groups excluding tert-OH is 1. The Morgan fingerprint density at radius 2 is 1.90 bits per heavy atom. The van der Waals surface area contributed by atoms with E-state index in [0.717, 1.165) is 8.66 Å². The zero-order valence-corrected chi connectivity index (χ0v) is 13.9. The normalized spacial score (nSPS) is 13.3. The average molecular weight is 376 g/mol. The van der Waals surface area contributed by atoms with Crippen LogP contribution in [0.4, 0.5) is 0 Å². The molecule has 1 heterocycles. The highest BCUT2D eigenvalue weighted by Gasteiger charge is 2.14. The van der Waals surface area contributed by atoms with E-state index >= 15 is 0 Å². The summed E-state index contributed by atoms with van der Waals surface area (Å²) >= 11 is 4.82. The highest BCUT2D eigenvalue weighted by atomic mass is 79.9. The molecule has 0 aliphatic rings. The molecular formula is C13H14BrNO3S2. The van der Waals surface area contributed by atoms with Crippen molar-refractivity contribution < 1.29 is 13.5 Å². The number of hydrogen-bond donors (Lipinski definition) is 2. The maximum absolute atomic E-state index is 12.1. The average Bonchev–Trinajstić information content (AvgIpc) is 2.82. The zero-order valence-electron chi connectivity index (χ0n) is 10.7. The Morgan fingerprint density at radius 1 is 1.25 bits per heavy atom. The number of aliphatic hydroxyl groups is 1. The number of benzene rings is 1. The largest absolute Gasteiger partial charge is 0.389 e. The van der Waals surface area contributed by atoms with Crippen molar-refractivity contribution in [1.82, 2.24) is 4.72 Å². The molecule has 0 amide bonds. The second-order valence-corrected chi connectivity index (χ2v) is 8.59. The molecule has 0 saturated heterocycles. The summed E-state index contributed by atoms with van der Waals surface area (Å²) in [6.45, 7) is 1.90. The lowest BCUT2D eigenvalue weighted by Crippen LogP contribution is -2.22. The molecular weight excluding hydrogens is 362 g/mol. The van der Waals surface area contributed by atoms with Crippen LogP contribution in [0.3, 0.4) is 0 Å². The first-order valence-electron chi connectivity index (χ1n) is 5.90. The third-order valence-corrected chi connectivity index (χ3v) is 5.78. The van der Waals surface area contributed by atoms with Crippen molar-refractivity contribution in [2.24, 2.45) is 0 Å². The van der Waals surface area contributed by atoms with E-state index in [1.54, 1.807) is 19.1 Å². The first-order chi connectivity index (χ1) is 9.38. The van der Waals surface area contributed by atoms with Gasteiger partial charge in [-0.1, -0.05) is 12.1 Å². The van der Waals surface area contributed by atoms with Gasteiger partial charge in [0.1, 0.15) is 0 Å². The topological polar surface area (TPSA) is 66.4 Å². The Hall–Kier alpha value is -0.730. The fourth-order valence-electron chi connectivity index (χ4n) is 1.62. The van der Waals surface area contributed by atoms with E-state index in [0.29, 0.717) is 5.56 Å². The number of sulfonamides is 1. The van der Waals surface area contributed by atoms with Gasteiger partial charge in [-0.05, 0) is 52.7 Å². The highest BCUT2D eigenvalue weighted by Crippen LogP contribution is 2.22. The van der Waals surface area contributed by atoms with Gasteiger partial charge in [0.25, 0.3) is 0 Å². The Morgan fingerprint density at radius 3 is 2.40 bits per heavy atom. The van der Waals surface area contributed by atoms with Crippen LogP contribution in [0.25, 0.3) is 0 Å². The van der Waals surface area contributed by atoms with Gasteiger partial charge < -0.3 is 5.11 Å². The summed E-state index contributed by atoms with van der Waals surface area (Å²) in [6.07, 6.45) is -0.608. The van der Waals surface area contributed by atoms with E-state index < -0.39 is 16.1 Å². The van der Waals surface area contributed by atoms with E-state index in [9.17, 15) is 13.5 Å². The lowest BCUT2D eigenvalue weighted by molar-refractivity contribution is 0.199. The quantitative estimate of drug-likeness (QED) is 0.843. The van der Waals surface area contributed by atoms with Crippen molar-refractivity contribution >= 4 is 37.3 Å². The van der Waals surface area contributed by atoms with Crippen LogP contribution in [-0.2, 0) is 16.6 Å². The fraction of sp³-hybridized carbons (Fsp3) is 0.231. The van der Waals surface area contributed by atoms with Crippen molar-refractivity contribution in [3.8, 4) is 0 Å². The molecule has 1 unspecified atom stereocenters. The molecule has 0 aliphatic heterocycles. The Bertz CT molecular complexity index is 678. The van der Waals surface area contributed by atoms with Crippen LogP contribution in [0.15, 0.2) is 45.1 Å². The Balaban J connectivity index is 2.09. The number of hydrogen-bond acceptors (Lipinski definition) is 4. The molecule has 4 nitrogen and oxygen atoms in total. The van der Waals surface area contributed by atoms with Crippen LogP contribution in [0.2, 0.25) is 0 Å². The molecule has 2 aromatic rings. The minimum Gasteiger partial charge on any atom is -0.389 e. The van der Waals surface area contributed by atoms with Crippen LogP contribution in [0.5, 0.6) is 0 Å². The molecule has 20 heavy (non-hydrogen) atoms. The van der Waals surface area contributed by atoms with Crippen molar-refractivity contribution in [3.05, 3.63) is 50.6 Å². The SMILES string of the molecule is CC(O)c1ccc(S(=O)(=O)NCc2ccc(Br)s2)cc1. The van der Waals surface area contributed by atoms with Crippen LogP contribution in [0.1, 0.15) is 23.5 Å². The van der Waals surface area contributed by atoms with Crippen molar-refractivity contribution in [1.29, 1.82) is 0 Å². The standard InChI is InChI=1S/C13H14BrNO3S2/c1-9(16)10-2-5-12(6-3-10)20(17,18)15-8-11-4-7-13(14)19-11/h2-7,9,15-16H,8H2,1H3. The first kappa shape index (κ1) is 15.7. The lowest BCUT2D eigenvalue weighted by atomic mass is 10.1. The minimum absolute atomic E-state index is 0.192. The fourth-order valence-corrected chi connectivity index (χ4v) is 4.14. The predicted octanol–water partition coefficient (Wildman–Crippen LogP) is 3.04. The van der Waals surface area contributed by atoms with Gasteiger partial charge in [0.2, 0.25) is 10.0 Å². The Labute approximate surface area is 130 Å². The van der Waals surface area contributed by atoms with Gasteiger partial charge in [0, 0.05) is 11.4 Å². The molecule has 0 fully saturated rings. The second-order valence-electron chi connectivity index (χ2n) is 4.28. The summed E-state index contributed by atoms with van der Waals surface area (Å²) in [5, 5.41) is 9.40. The van der Waals surface area contributed by atoms with Gasteiger partial charge in [-0.3, -0.25) is 0 Å². The molecule has 0 saturated carbocycles. The van der Waals surface area contributed by atoms with Gasteiger partial charge in [-0.2, -0.15) is 0 Å². The summed E-state index contributed by atoms with van der Waals surface area (Å²) in [7, 11) is -3.53. The van der Waals surface area contributed by atoms with Crippen LogP contribution >= 0.6 is 27.3 Å². The molecule has 0 bridgehead atoms. The van der Waals surface area contributed by atoms with Gasteiger partial charge in [-0.15, -0.1) is 11.3 Å². The zero-order chi connectivity index (χ0) is 14.8. The smallest absolute Gasteiger partial charge is 0.240 e. The summed E-state index contributed by atoms with van der Waals surface area (Å²) in [5.41, 5.74) is 0.686. The highest BCUT2D eigenvalue weighted by molar-refractivity contribution is 9.11. The predicted molar refractivity (Wildman–Crippen MR) is 83.1 cm³/mol. The summed E-state index contributed by atoms with van der Waals surface area (Å²) < 4.78 is 27.7. The summed E-state index contributed by atoms with van der Waals surface area (Å²) in [5.74, 6) is 0. The van der Waals surface area contributed by atoms with Crippen molar-refractivity contribution in [2.75, 3.05) is 0 Å². The first-order valence-corrected chi connectivity index (χ1v) is 8.99. The third-order valence-electron chi connectivity index (χ3n) is 2.74. The van der Waals surface area contributed by atoms with Gasteiger partial charge in [0.05, 0.1) is 14.8 Å². The lowest BCUT2D eigenvalue weighted by Gasteiger charge is -2.08. The molecule has 108 valence electrons. The number of halogens is 1. The molecule has 7 heteroatoms. The van der Waals surface area contributed by atoms with Crippen LogP contribution < -0.4 is 4.72 Å². The number of nitrogens with one attached hydrogen (secondary N) is 1. The minimum atomic E-state index is -3.53. The molecule has 0 spiro atoms. The number of rotatable bonds is 5. The molecule has 0 aliphatic carbocycles. The van der Waals surface area contributed by atoms with Gasteiger partial charge in [-0.25, -0.2) is 13.1 Å². The summed E-state index contributed by atoms with van der Waals surface area (Å²) in [4.78, 5) is 1.12. The third kappa shape index (κ3) is 3.89. The van der Waals surface area contributed by atoms with E-state index in [4.69, 9.17) is 0 Å². The van der Waals surface area contributed by atoms with E-state index in [1.807, 2.05) is 12.1 Å². The van der Waals surface area contributed by atoms with Gasteiger partial charge >= 0.3 is 0 Å². The maximum atomic E-state index is 12.1. The molecule has 2 N–H and O–H groups in total. The number of thiophene rings is 1. The van der Waals surface area contributed by atoms with Crippen molar-refractivity contribution in [2.45, 2.75) is 24.5 Å². The van der Waals surface area contributed by atoms with E-state index in [2.05, 4.69) is 20.7 Å².